The third-order valence-corrected chi connectivity index (χ3v) is 6.52. The molecule has 3 nitrogen and oxygen atoms in total. The largest absolute Gasteiger partial charge is 0.279 e. The first-order valence-corrected chi connectivity index (χ1v) is 9.12. The van der Waals surface area contributed by atoms with Gasteiger partial charge in [-0.2, -0.15) is 0 Å². The van der Waals surface area contributed by atoms with Crippen LogP contribution in [0.2, 0.25) is 4.34 Å². The fourth-order valence-electron chi connectivity index (χ4n) is 2.44. The summed E-state index contributed by atoms with van der Waals surface area (Å²) in [4.78, 5) is 0. The molecule has 20 heavy (non-hydrogen) atoms. The number of anilines is 1. The van der Waals surface area contributed by atoms with Crippen LogP contribution in [0.25, 0.3) is 0 Å². The first-order valence-electron chi connectivity index (χ1n) is 6.44. The summed E-state index contributed by atoms with van der Waals surface area (Å²) in [6, 6.07) is 8.91. The Kier molecular flexibility index (Phi) is 3.75. The average molecular weight is 328 g/mol. The summed E-state index contributed by atoms with van der Waals surface area (Å²) in [5, 5.41) is 0. The zero-order chi connectivity index (χ0) is 14.2. The van der Waals surface area contributed by atoms with Crippen molar-refractivity contribution in [2.45, 2.75) is 29.9 Å². The molecule has 1 N–H and O–H groups in total. The van der Waals surface area contributed by atoms with Gasteiger partial charge in [0.1, 0.15) is 4.21 Å². The van der Waals surface area contributed by atoms with Crippen molar-refractivity contribution in [2.75, 3.05) is 4.72 Å². The molecule has 1 heterocycles. The zero-order valence-corrected chi connectivity index (χ0v) is 13.1. The molecule has 0 amide bonds. The van der Waals surface area contributed by atoms with Gasteiger partial charge in [0.2, 0.25) is 0 Å². The maximum Gasteiger partial charge on any atom is 0.271 e. The van der Waals surface area contributed by atoms with Crippen LogP contribution in [-0.4, -0.2) is 8.42 Å². The number of thiophene rings is 1. The first-order chi connectivity index (χ1) is 9.54. The average Bonchev–Trinajstić information content (AvgIpc) is 2.86. The summed E-state index contributed by atoms with van der Waals surface area (Å²) in [5.74, 6) is 0. The Labute approximate surface area is 127 Å². The third-order valence-electron chi connectivity index (χ3n) is 3.41. The standard InChI is InChI=1S/C14H14ClNO2S2/c15-13-7-8-14(19-13)20(17,18)16-12-6-5-10-3-1-2-4-11(10)9-12/h5-9,16H,1-4H2. The molecule has 0 saturated heterocycles. The zero-order valence-electron chi connectivity index (χ0n) is 10.7. The maximum absolute atomic E-state index is 12.2. The lowest BCUT2D eigenvalue weighted by molar-refractivity contribution is 0.603. The number of rotatable bonds is 3. The molecule has 0 bridgehead atoms. The van der Waals surface area contributed by atoms with E-state index in [1.54, 1.807) is 6.07 Å². The minimum atomic E-state index is -3.53. The lowest BCUT2D eigenvalue weighted by atomic mass is 9.91. The lowest BCUT2D eigenvalue weighted by Crippen LogP contribution is -2.12. The van der Waals surface area contributed by atoms with Gasteiger partial charge in [0, 0.05) is 5.69 Å². The Balaban J connectivity index is 1.87. The quantitative estimate of drug-likeness (QED) is 0.923. The lowest BCUT2D eigenvalue weighted by Gasteiger charge is -2.17. The van der Waals surface area contributed by atoms with Crippen molar-refractivity contribution in [3.05, 3.63) is 45.8 Å². The van der Waals surface area contributed by atoms with Crippen LogP contribution < -0.4 is 4.72 Å². The van der Waals surface area contributed by atoms with Gasteiger partial charge in [-0.1, -0.05) is 17.7 Å². The smallest absolute Gasteiger partial charge is 0.271 e. The second-order valence-electron chi connectivity index (χ2n) is 4.85. The van der Waals surface area contributed by atoms with Gasteiger partial charge >= 0.3 is 0 Å². The SMILES string of the molecule is O=S(=O)(Nc1ccc2c(c1)CCCC2)c1ccc(Cl)s1. The molecule has 106 valence electrons. The Bertz CT molecular complexity index is 737. The van der Waals surface area contributed by atoms with E-state index in [2.05, 4.69) is 4.72 Å². The van der Waals surface area contributed by atoms with E-state index in [4.69, 9.17) is 11.6 Å². The summed E-state index contributed by atoms with van der Waals surface area (Å²) in [5.41, 5.74) is 3.20. The summed E-state index contributed by atoms with van der Waals surface area (Å²) in [7, 11) is -3.53. The van der Waals surface area contributed by atoms with E-state index in [0.29, 0.717) is 10.0 Å². The second kappa shape index (κ2) is 5.39. The van der Waals surface area contributed by atoms with Crippen molar-refractivity contribution in [1.29, 1.82) is 0 Å². The van der Waals surface area contributed by atoms with Crippen molar-refractivity contribution < 1.29 is 8.42 Å². The van der Waals surface area contributed by atoms with Gasteiger partial charge in [-0.25, -0.2) is 8.42 Å². The molecule has 1 aliphatic carbocycles. The number of sulfonamides is 1. The molecule has 0 spiro atoms. The van der Waals surface area contributed by atoms with Gasteiger partial charge in [-0.05, 0) is 61.1 Å². The molecular formula is C14H14ClNO2S2. The number of fused-ring (bicyclic) bond motifs is 1. The Morgan fingerprint density at radius 2 is 1.80 bits per heavy atom. The van der Waals surface area contributed by atoms with Gasteiger partial charge in [0.25, 0.3) is 10.0 Å². The molecule has 0 radical (unpaired) electrons. The molecule has 0 fully saturated rings. The van der Waals surface area contributed by atoms with Crippen molar-refractivity contribution in [1.82, 2.24) is 0 Å². The van der Waals surface area contributed by atoms with Crippen LogP contribution >= 0.6 is 22.9 Å². The molecule has 0 unspecified atom stereocenters. The number of hydrogen-bond acceptors (Lipinski definition) is 3. The highest BCUT2D eigenvalue weighted by Gasteiger charge is 2.18. The second-order valence-corrected chi connectivity index (χ2v) is 8.48. The molecule has 0 aliphatic heterocycles. The number of aryl methyl sites for hydroxylation is 2. The Hall–Kier alpha value is -1.04. The summed E-state index contributed by atoms with van der Waals surface area (Å²) in [6.07, 6.45) is 4.49. The molecule has 2 aromatic rings. The van der Waals surface area contributed by atoms with E-state index in [9.17, 15) is 8.42 Å². The molecule has 0 saturated carbocycles. The predicted octanol–water partition coefficient (Wildman–Crippen LogP) is 4.08. The van der Waals surface area contributed by atoms with E-state index >= 15 is 0 Å². The molecule has 0 atom stereocenters. The number of halogens is 1. The topological polar surface area (TPSA) is 46.2 Å². The molecule has 6 heteroatoms. The van der Waals surface area contributed by atoms with Crippen LogP contribution in [0.4, 0.5) is 5.69 Å². The van der Waals surface area contributed by atoms with Gasteiger partial charge in [-0.3, -0.25) is 4.72 Å². The first kappa shape index (κ1) is 13.9. The molecule has 3 rings (SSSR count). The molecule has 1 aliphatic rings. The van der Waals surface area contributed by atoms with E-state index in [-0.39, 0.29) is 4.21 Å². The van der Waals surface area contributed by atoms with Gasteiger partial charge in [0.05, 0.1) is 4.34 Å². The van der Waals surface area contributed by atoms with E-state index < -0.39 is 10.0 Å². The van der Waals surface area contributed by atoms with Crippen LogP contribution in [0.5, 0.6) is 0 Å². The maximum atomic E-state index is 12.2. The number of nitrogens with one attached hydrogen (secondary N) is 1. The monoisotopic (exact) mass is 327 g/mol. The Morgan fingerprint density at radius 1 is 1.05 bits per heavy atom. The Morgan fingerprint density at radius 3 is 2.50 bits per heavy atom. The fourth-order valence-corrected chi connectivity index (χ4v) is 4.98. The highest BCUT2D eigenvalue weighted by molar-refractivity contribution is 7.94. The fraction of sp³-hybridized carbons (Fsp3) is 0.286. The van der Waals surface area contributed by atoms with E-state index in [1.807, 2.05) is 18.2 Å². The molecule has 1 aromatic heterocycles. The van der Waals surface area contributed by atoms with Crippen LogP contribution in [0.3, 0.4) is 0 Å². The molecule has 1 aromatic carbocycles. The van der Waals surface area contributed by atoms with Crippen LogP contribution in [0.1, 0.15) is 24.0 Å². The van der Waals surface area contributed by atoms with Crippen molar-refractivity contribution in [3.8, 4) is 0 Å². The highest BCUT2D eigenvalue weighted by atomic mass is 35.5. The minimum absolute atomic E-state index is 0.236. The van der Waals surface area contributed by atoms with Gasteiger partial charge < -0.3 is 0 Å². The summed E-state index contributed by atoms with van der Waals surface area (Å²) < 4.78 is 27.8. The van der Waals surface area contributed by atoms with Crippen LogP contribution in [-0.2, 0) is 22.9 Å². The highest BCUT2D eigenvalue weighted by Crippen LogP contribution is 2.29. The van der Waals surface area contributed by atoms with Crippen molar-refractivity contribution in [3.63, 3.8) is 0 Å². The third kappa shape index (κ3) is 2.85. The van der Waals surface area contributed by atoms with Crippen molar-refractivity contribution >= 4 is 38.6 Å². The van der Waals surface area contributed by atoms with E-state index in [1.165, 1.54) is 30.0 Å². The van der Waals surface area contributed by atoms with Crippen LogP contribution in [0.15, 0.2) is 34.5 Å². The normalized spacial score (nSPS) is 14.8. The van der Waals surface area contributed by atoms with Crippen molar-refractivity contribution in [2.24, 2.45) is 0 Å². The summed E-state index contributed by atoms with van der Waals surface area (Å²) >= 11 is 6.85. The predicted molar refractivity (Wildman–Crippen MR) is 83.2 cm³/mol. The van der Waals surface area contributed by atoms with E-state index in [0.717, 1.165) is 24.2 Å². The van der Waals surface area contributed by atoms with Gasteiger partial charge in [0.15, 0.2) is 0 Å². The summed E-state index contributed by atoms with van der Waals surface area (Å²) in [6.45, 7) is 0. The molecular weight excluding hydrogens is 314 g/mol. The van der Waals surface area contributed by atoms with Gasteiger partial charge in [-0.15, -0.1) is 11.3 Å². The number of benzene rings is 1. The van der Waals surface area contributed by atoms with Crippen LogP contribution in [0, 0.1) is 0 Å². The minimum Gasteiger partial charge on any atom is -0.279 e. The number of hydrogen-bond donors (Lipinski definition) is 1.